The summed E-state index contributed by atoms with van der Waals surface area (Å²) in [6.07, 6.45) is 3.60. The summed E-state index contributed by atoms with van der Waals surface area (Å²) in [6.45, 7) is 2.70. The molecule has 0 atom stereocenters. The number of nitrogens with zero attached hydrogens (tertiary/aromatic N) is 1. The molecule has 0 aliphatic rings. The molecule has 1 heterocycles. The van der Waals surface area contributed by atoms with Crippen LogP contribution in [0, 0.1) is 5.82 Å². The summed E-state index contributed by atoms with van der Waals surface area (Å²) in [4.78, 5) is 4.36. The van der Waals surface area contributed by atoms with Gasteiger partial charge in [-0.3, -0.25) is 4.98 Å². The maximum atomic E-state index is 14.1. The van der Waals surface area contributed by atoms with E-state index in [9.17, 15) is 4.39 Å². The molecule has 0 spiro atoms. The molecular formula is C20H21FN2O3. The van der Waals surface area contributed by atoms with Gasteiger partial charge in [0.15, 0.2) is 23.1 Å². The van der Waals surface area contributed by atoms with E-state index in [1.54, 1.807) is 37.6 Å². The Balaban J connectivity index is 1.98. The summed E-state index contributed by atoms with van der Waals surface area (Å²) >= 11 is 0. The van der Waals surface area contributed by atoms with Crippen molar-refractivity contribution in [3.63, 3.8) is 0 Å². The van der Waals surface area contributed by atoms with Crippen LogP contribution in [0.25, 0.3) is 10.9 Å². The monoisotopic (exact) mass is 356 g/mol. The number of pyridine rings is 1. The largest absolute Gasteiger partial charge is 0.493 e. The summed E-state index contributed by atoms with van der Waals surface area (Å²) in [5.41, 5.74) is 6.59. The van der Waals surface area contributed by atoms with Crippen LogP contribution in [-0.2, 0) is 0 Å². The molecule has 0 amide bonds. The van der Waals surface area contributed by atoms with Gasteiger partial charge in [-0.2, -0.15) is 0 Å². The van der Waals surface area contributed by atoms with E-state index < -0.39 is 5.82 Å². The van der Waals surface area contributed by atoms with Crippen molar-refractivity contribution in [1.82, 2.24) is 4.98 Å². The first kappa shape index (κ1) is 17.8. The van der Waals surface area contributed by atoms with Gasteiger partial charge in [0.2, 0.25) is 0 Å². The van der Waals surface area contributed by atoms with Gasteiger partial charge in [-0.05, 0) is 30.7 Å². The molecule has 0 radical (unpaired) electrons. The molecule has 3 rings (SSSR count). The maximum Gasteiger partial charge on any atom is 0.167 e. The molecule has 136 valence electrons. The lowest BCUT2D eigenvalue weighted by molar-refractivity contribution is 0.289. The molecule has 26 heavy (non-hydrogen) atoms. The SMILES string of the molecule is CCCCOc1cc2nccc(Oc3ccc(N)cc3F)c2cc1OC. The smallest absolute Gasteiger partial charge is 0.167 e. The fourth-order valence-corrected chi connectivity index (χ4v) is 2.53. The molecule has 0 unspecified atom stereocenters. The number of aromatic nitrogens is 1. The van der Waals surface area contributed by atoms with Crippen LogP contribution in [0.15, 0.2) is 42.6 Å². The van der Waals surface area contributed by atoms with Gasteiger partial charge >= 0.3 is 0 Å². The number of rotatable bonds is 7. The topological polar surface area (TPSA) is 66.6 Å². The van der Waals surface area contributed by atoms with Crippen LogP contribution in [0.2, 0.25) is 0 Å². The van der Waals surface area contributed by atoms with E-state index >= 15 is 0 Å². The van der Waals surface area contributed by atoms with Crippen LogP contribution in [0.3, 0.4) is 0 Å². The standard InChI is InChI=1S/C20H21FN2O3/c1-3-4-9-25-20-12-16-14(11-19(20)24-2)17(7-8-23-16)26-18-6-5-13(22)10-15(18)21/h5-8,10-12H,3-4,9,22H2,1-2H3. The van der Waals surface area contributed by atoms with E-state index in [1.807, 2.05) is 0 Å². The maximum absolute atomic E-state index is 14.1. The van der Waals surface area contributed by atoms with Crippen molar-refractivity contribution in [3.8, 4) is 23.0 Å². The van der Waals surface area contributed by atoms with Gasteiger partial charge in [0.1, 0.15) is 5.75 Å². The first-order valence-electron chi connectivity index (χ1n) is 8.44. The number of hydrogen-bond acceptors (Lipinski definition) is 5. The van der Waals surface area contributed by atoms with Crippen LogP contribution in [-0.4, -0.2) is 18.7 Å². The molecule has 6 heteroatoms. The molecule has 0 saturated heterocycles. The predicted octanol–water partition coefficient (Wildman–Crippen LogP) is 4.94. The van der Waals surface area contributed by atoms with Gasteiger partial charge in [-0.1, -0.05) is 13.3 Å². The number of halogens is 1. The van der Waals surface area contributed by atoms with E-state index in [2.05, 4.69) is 11.9 Å². The third-order valence-electron chi connectivity index (χ3n) is 3.92. The highest BCUT2D eigenvalue weighted by Crippen LogP contribution is 2.37. The van der Waals surface area contributed by atoms with Crippen molar-refractivity contribution in [3.05, 3.63) is 48.4 Å². The fraction of sp³-hybridized carbons (Fsp3) is 0.250. The number of unbranched alkanes of at least 4 members (excludes halogenated alkanes) is 1. The summed E-state index contributed by atoms with van der Waals surface area (Å²) in [5, 5.41) is 0.698. The Labute approximate surface area is 151 Å². The number of nitrogen functional groups attached to an aromatic ring is 1. The third-order valence-corrected chi connectivity index (χ3v) is 3.92. The number of hydrogen-bond donors (Lipinski definition) is 1. The van der Waals surface area contributed by atoms with E-state index in [0.29, 0.717) is 40.4 Å². The number of fused-ring (bicyclic) bond motifs is 1. The summed E-state index contributed by atoms with van der Waals surface area (Å²) in [7, 11) is 1.57. The van der Waals surface area contributed by atoms with E-state index in [-0.39, 0.29) is 5.75 Å². The zero-order valence-electron chi connectivity index (χ0n) is 14.8. The molecule has 0 bridgehead atoms. The number of anilines is 1. The second-order valence-electron chi connectivity index (χ2n) is 5.82. The zero-order chi connectivity index (χ0) is 18.5. The Kier molecular flexibility index (Phi) is 5.41. The van der Waals surface area contributed by atoms with Crippen molar-refractivity contribution in [2.45, 2.75) is 19.8 Å². The number of benzene rings is 2. The predicted molar refractivity (Wildman–Crippen MR) is 99.6 cm³/mol. The Hall–Kier alpha value is -3.02. The third kappa shape index (κ3) is 3.79. The minimum atomic E-state index is -0.526. The molecule has 0 fully saturated rings. The molecule has 1 aromatic heterocycles. The summed E-state index contributed by atoms with van der Waals surface area (Å²) in [6, 6.07) is 9.57. The minimum Gasteiger partial charge on any atom is -0.493 e. The summed E-state index contributed by atoms with van der Waals surface area (Å²) < 4.78 is 31.0. The van der Waals surface area contributed by atoms with Gasteiger partial charge < -0.3 is 19.9 Å². The Morgan fingerprint density at radius 3 is 2.62 bits per heavy atom. The molecule has 2 aromatic carbocycles. The molecule has 0 aliphatic heterocycles. The lowest BCUT2D eigenvalue weighted by atomic mass is 10.1. The Morgan fingerprint density at radius 1 is 1.04 bits per heavy atom. The van der Waals surface area contributed by atoms with Crippen LogP contribution >= 0.6 is 0 Å². The molecule has 2 N–H and O–H groups in total. The normalized spacial score (nSPS) is 10.7. The molecular weight excluding hydrogens is 335 g/mol. The van der Waals surface area contributed by atoms with Gasteiger partial charge in [0, 0.05) is 29.4 Å². The second-order valence-corrected chi connectivity index (χ2v) is 5.82. The van der Waals surface area contributed by atoms with E-state index in [0.717, 1.165) is 12.8 Å². The highest BCUT2D eigenvalue weighted by molar-refractivity contribution is 5.88. The fourth-order valence-electron chi connectivity index (χ4n) is 2.53. The van der Waals surface area contributed by atoms with Crippen LogP contribution < -0.4 is 19.9 Å². The lowest BCUT2D eigenvalue weighted by Gasteiger charge is -2.14. The average molecular weight is 356 g/mol. The Bertz CT molecular complexity index is 915. The van der Waals surface area contributed by atoms with Gasteiger partial charge in [-0.25, -0.2) is 4.39 Å². The average Bonchev–Trinajstić information content (AvgIpc) is 2.64. The highest BCUT2D eigenvalue weighted by Gasteiger charge is 2.13. The van der Waals surface area contributed by atoms with Crippen molar-refractivity contribution < 1.29 is 18.6 Å². The minimum absolute atomic E-state index is 0.0916. The lowest BCUT2D eigenvalue weighted by Crippen LogP contribution is -1.99. The van der Waals surface area contributed by atoms with Crippen molar-refractivity contribution in [1.29, 1.82) is 0 Å². The second kappa shape index (κ2) is 7.91. The molecule has 0 saturated carbocycles. The first-order valence-corrected chi connectivity index (χ1v) is 8.44. The van der Waals surface area contributed by atoms with E-state index in [4.69, 9.17) is 19.9 Å². The quantitative estimate of drug-likeness (QED) is 0.480. The van der Waals surface area contributed by atoms with Crippen molar-refractivity contribution in [2.75, 3.05) is 19.5 Å². The van der Waals surface area contributed by atoms with Crippen LogP contribution in [0.4, 0.5) is 10.1 Å². The van der Waals surface area contributed by atoms with Gasteiger partial charge in [-0.15, -0.1) is 0 Å². The first-order chi connectivity index (χ1) is 12.6. The van der Waals surface area contributed by atoms with Crippen LogP contribution in [0.5, 0.6) is 23.0 Å². The van der Waals surface area contributed by atoms with Crippen LogP contribution in [0.1, 0.15) is 19.8 Å². The molecule has 3 aromatic rings. The summed E-state index contributed by atoms with van der Waals surface area (Å²) in [5.74, 6) is 1.23. The number of ether oxygens (including phenoxy) is 3. The number of methoxy groups -OCH3 is 1. The van der Waals surface area contributed by atoms with Crippen molar-refractivity contribution >= 4 is 16.6 Å². The van der Waals surface area contributed by atoms with Gasteiger partial charge in [0.05, 0.1) is 19.2 Å². The molecule has 5 nitrogen and oxygen atoms in total. The highest BCUT2D eigenvalue weighted by atomic mass is 19.1. The Morgan fingerprint density at radius 2 is 1.88 bits per heavy atom. The number of nitrogens with two attached hydrogens (primary N) is 1. The molecule has 0 aliphatic carbocycles. The van der Waals surface area contributed by atoms with E-state index in [1.165, 1.54) is 12.1 Å². The van der Waals surface area contributed by atoms with Gasteiger partial charge in [0.25, 0.3) is 0 Å². The zero-order valence-corrected chi connectivity index (χ0v) is 14.8. The van der Waals surface area contributed by atoms with Crippen molar-refractivity contribution in [2.24, 2.45) is 0 Å².